The van der Waals surface area contributed by atoms with E-state index in [4.69, 9.17) is 9.47 Å². The number of carbonyl (C=O) groups is 1. The maximum Gasteiger partial charge on any atom is 0.230 e. The molecule has 2 heterocycles. The number of aliphatic imine (C=N–C) groups is 1. The SMILES string of the molecule is COc1ccc(-c2ccc3c(c2)NC(=O)CC(c2ccnnc2)=N3)cc1OC. The normalized spacial score (nSPS) is 13.1. The van der Waals surface area contributed by atoms with E-state index in [0.29, 0.717) is 28.6 Å². The smallest absolute Gasteiger partial charge is 0.230 e. The fraction of sp³-hybridized carbons (Fsp3) is 0.143. The second-order valence-corrected chi connectivity index (χ2v) is 6.22. The molecule has 0 radical (unpaired) electrons. The van der Waals surface area contributed by atoms with Crippen LogP contribution in [0.4, 0.5) is 11.4 Å². The van der Waals surface area contributed by atoms with Crippen LogP contribution in [0.25, 0.3) is 11.1 Å². The third-order valence-electron chi connectivity index (χ3n) is 4.49. The number of rotatable bonds is 4. The summed E-state index contributed by atoms with van der Waals surface area (Å²) in [6.45, 7) is 0. The van der Waals surface area contributed by atoms with Gasteiger partial charge in [0.1, 0.15) is 0 Å². The number of aromatic nitrogens is 2. The summed E-state index contributed by atoms with van der Waals surface area (Å²) in [6.07, 6.45) is 3.36. The van der Waals surface area contributed by atoms with Crippen LogP contribution in [0.1, 0.15) is 12.0 Å². The zero-order valence-electron chi connectivity index (χ0n) is 15.5. The minimum Gasteiger partial charge on any atom is -0.493 e. The van der Waals surface area contributed by atoms with Crippen molar-refractivity contribution < 1.29 is 14.3 Å². The first-order chi connectivity index (χ1) is 13.7. The Balaban J connectivity index is 1.75. The number of hydrogen-bond acceptors (Lipinski definition) is 6. The Morgan fingerprint density at radius 1 is 0.893 bits per heavy atom. The molecule has 0 bridgehead atoms. The minimum atomic E-state index is -0.126. The third kappa shape index (κ3) is 3.42. The lowest BCUT2D eigenvalue weighted by molar-refractivity contribution is -0.115. The molecule has 0 unspecified atom stereocenters. The van der Waals surface area contributed by atoms with Gasteiger partial charge < -0.3 is 14.8 Å². The monoisotopic (exact) mass is 374 g/mol. The van der Waals surface area contributed by atoms with Gasteiger partial charge in [-0.15, -0.1) is 0 Å². The van der Waals surface area contributed by atoms with E-state index in [0.717, 1.165) is 16.7 Å². The van der Waals surface area contributed by atoms with E-state index in [9.17, 15) is 4.79 Å². The molecule has 3 aromatic rings. The summed E-state index contributed by atoms with van der Waals surface area (Å²) in [5.41, 5.74) is 4.67. The average Bonchev–Trinajstić information content (AvgIpc) is 2.91. The molecule has 0 aliphatic carbocycles. The molecule has 0 atom stereocenters. The van der Waals surface area contributed by atoms with Crippen LogP contribution in [0.5, 0.6) is 11.5 Å². The summed E-state index contributed by atoms with van der Waals surface area (Å²) in [4.78, 5) is 17.1. The van der Waals surface area contributed by atoms with Crippen molar-refractivity contribution in [3.8, 4) is 22.6 Å². The van der Waals surface area contributed by atoms with Crippen LogP contribution in [0.2, 0.25) is 0 Å². The van der Waals surface area contributed by atoms with Crippen molar-refractivity contribution in [1.82, 2.24) is 10.2 Å². The number of carbonyl (C=O) groups excluding carboxylic acids is 1. The quantitative estimate of drug-likeness (QED) is 0.754. The van der Waals surface area contributed by atoms with Crippen molar-refractivity contribution in [3.63, 3.8) is 0 Å². The molecule has 7 nitrogen and oxygen atoms in total. The molecule has 1 N–H and O–H groups in total. The zero-order valence-corrected chi connectivity index (χ0v) is 15.5. The van der Waals surface area contributed by atoms with E-state index in [1.807, 2.05) is 36.4 Å². The van der Waals surface area contributed by atoms with Crippen molar-refractivity contribution in [2.45, 2.75) is 6.42 Å². The van der Waals surface area contributed by atoms with Crippen LogP contribution in [0.3, 0.4) is 0 Å². The lowest BCUT2D eigenvalue weighted by atomic mass is 10.0. The number of ether oxygens (including phenoxy) is 2. The van der Waals surface area contributed by atoms with E-state index >= 15 is 0 Å². The number of methoxy groups -OCH3 is 2. The Bertz CT molecular complexity index is 1060. The van der Waals surface area contributed by atoms with Gasteiger partial charge in [0.15, 0.2) is 11.5 Å². The lowest BCUT2D eigenvalue weighted by Gasteiger charge is -2.11. The Labute approximate surface area is 162 Å². The molecule has 1 amide bonds. The predicted octanol–water partition coefficient (Wildman–Crippen LogP) is 3.62. The van der Waals surface area contributed by atoms with Gasteiger partial charge in [-0.05, 0) is 41.5 Å². The van der Waals surface area contributed by atoms with E-state index in [2.05, 4.69) is 20.5 Å². The van der Waals surface area contributed by atoms with Crippen molar-refractivity contribution in [2.75, 3.05) is 19.5 Å². The summed E-state index contributed by atoms with van der Waals surface area (Å²) in [7, 11) is 3.20. The van der Waals surface area contributed by atoms with Crippen LogP contribution in [-0.4, -0.2) is 36.0 Å². The standard InChI is InChI=1S/C21H18N4O3/c1-27-19-6-4-14(10-20(19)28-2)13-3-5-16-18(9-13)25-21(26)11-17(24-16)15-7-8-22-23-12-15/h3-10,12H,11H2,1-2H3,(H,25,26). The van der Waals surface area contributed by atoms with Gasteiger partial charge in [-0.25, -0.2) is 0 Å². The summed E-state index contributed by atoms with van der Waals surface area (Å²) in [5, 5.41) is 10.6. The van der Waals surface area contributed by atoms with Crippen LogP contribution in [-0.2, 0) is 4.79 Å². The average molecular weight is 374 g/mol. The molecule has 1 aromatic heterocycles. The van der Waals surface area contributed by atoms with E-state index in [1.54, 1.807) is 32.7 Å². The Kier molecular flexibility index (Phi) is 4.72. The molecule has 7 heteroatoms. The van der Waals surface area contributed by atoms with Gasteiger partial charge in [0.05, 0.1) is 50.1 Å². The molecule has 1 aliphatic heterocycles. The van der Waals surface area contributed by atoms with E-state index < -0.39 is 0 Å². The summed E-state index contributed by atoms with van der Waals surface area (Å²) in [6, 6.07) is 13.2. The summed E-state index contributed by atoms with van der Waals surface area (Å²) >= 11 is 0. The van der Waals surface area contributed by atoms with Crippen molar-refractivity contribution in [3.05, 3.63) is 60.4 Å². The number of nitrogens with zero attached hydrogens (tertiary/aromatic N) is 3. The molecular weight excluding hydrogens is 356 g/mol. The molecular formula is C21H18N4O3. The predicted molar refractivity (Wildman–Crippen MR) is 106 cm³/mol. The minimum absolute atomic E-state index is 0.126. The summed E-state index contributed by atoms with van der Waals surface area (Å²) in [5.74, 6) is 1.18. The Hall–Kier alpha value is -3.74. The van der Waals surface area contributed by atoms with E-state index in [1.165, 1.54) is 0 Å². The number of hydrogen-bond donors (Lipinski definition) is 1. The van der Waals surface area contributed by atoms with Crippen LogP contribution in [0.15, 0.2) is 59.9 Å². The number of benzene rings is 2. The van der Waals surface area contributed by atoms with Gasteiger partial charge in [0.25, 0.3) is 0 Å². The van der Waals surface area contributed by atoms with Gasteiger partial charge in [0, 0.05) is 5.56 Å². The fourth-order valence-electron chi connectivity index (χ4n) is 3.09. The zero-order chi connectivity index (χ0) is 19.5. The molecule has 0 spiro atoms. The molecule has 1 aliphatic rings. The lowest BCUT2D eigenvalue weighted by Crippen LogP contribution is -2.15. The number of anilines is 1. The van der Waals surface area contributed by atoms with Gasteiger partial charge in [-0.3, -0.25) is 9.79 Å². The molecule has 4 rings (SSSR count). The molecule has 0 saturated carbocycles. The first-order valence-corrected chi connectivity index (χ1v) is 8.69. The first-order valence-electron chi connectivity index (χ1n) is 8.69. The fourth-order valence-corrected chi connectivity index (χ4v) is 3.09. The summed E-state index contributed by atoms with van der Waals surface area (Å²) < 4.78 is 10.7. The van der Waals surface area contributed by atoms with Gasteiger partial charge in [0.2, 0.25) is 5.91 Å². The van der Waals surface area contributed by atoms with E-state index in [-0.39, 0.29) is 12.3 Å². The molecule has 2 aromatic carbocycles. The number of amides is 1. The van der Waals surface area contributed by atoms with Crippen molar-refractivity contribution >= 4 is 23.0 Å². The maximum atomic E-state index is 12.4. The van der Waals surface area contributed by atoms with Crippen molar-refractivity contribution in [1.29, 1.82) is 0 Å². The van der Waals surface area contributed by atoms with Gasteiger partial charge in [-0.2, -0.15) is 10.2 Å². The highest BCUT2D eigenvalue weighted by atomic mass is 16.5. The third-order valence-corrected chi connectivity index (χ3v) is 4.49. The second kappa shape index (κ2) is 7.48. The molecule has 0 fully saturated rings. The van der Waals surface area contributed by atoms with Gasteiger partial charge >= 0.3 is 0 Å². The van der Waals surface area contributed by atoms with Crippen LogP contribution < -0.4 is 14.8 Å². The topological polar surface area (TPSA) is 85.7 Å². The molecule has 28 heavy (non-hydrogen) atoms. The van der Waals surface area contributed by atoms with Gasteiger partial charge in [-0.1, -0.05) is 12.1 Å². The molecule has 140 valence electrons. The molecule has 0 saturated heterocycles. The second-order valence-electron chi connectivity index (χ2n) is 6.22. The highest BCUT2D eigenvalue weighted by Crippen LogP contribution is 2.36. The Morgan fingerprint density at radius 2 is 1.68 bits per heavy atom. The highest BCUT2D eigenvalue weighted by molar-refractivity contribution is 6.16. The number of fused-ring (bicyclic) bond motifs is 1. The highest BCUT2D eigenvalue weighted by Gasteiger charge is 2.18. The largest absolute Gasteiger partial charge is 0.493 e. The maximum absolute atomic E-state index is 12.4. The number of nitrogens with one attached hydrogen (secondary N) is 1. The van der Waals surface area contributed by atoms with Crippen LogP contribution in [0, 0.1) is 0 Å². The Morgan fingerprint density at radius 3 is 2.43 bits per heavy atom. The van der Waals surface area contributed by atoms with Crippen molar-refractivity contribution in [2.24, 2.45) is 4.99 Å². The van der Waals surface area contributed by atoms with Crippen LogP contribution >= 0.6 is 0 Å². The first kappa shape index (κ1) is 17.7.